The van der Waals surface area contributed by atoms with Gasteiger partial charge >= 0.3 is 0 Å². The molecule has 1 aromatic heterocycles. The van der Waals surface area contributed by atoms with E-state index in [0.29, 0.717) is 0 Å². The zero-order chi connectivity index (χ0) is 14.3. The van der Waals surface area contributed by atoms with E-state index < -0.39 is 0 Å². The largest absolute Gasteiger partial charge is 0.300 e. The Bertz CT molecular complexity index is 614. The predicted octanol–water partition coefficient (Wildman–Crippen LogP) is 3.36. The van der Waals surface area contributed by atoms with Crippen molar-refractivity contribution in [3.8, 4) is 0 Å². The van der Waals surface area contributed by atoms with Crippen molar-refractivity contribution in [1.29, 1.82) is 0 Å². The first kappa shape index (κ1) is 13.5. The Kier molecular flexibility index (Phi) is 4.34. The van der Waals surface area contributed by atoms with Gasteiger partial charge in [-0.3, -0.25) is 5.32 Å². The van der Waals surface area contributed by atoms with Crippen LogP contribution in [-0.4, -0.2) is 9.97 Å². The highest BCUT2D eigenvalue weighted by Gasteiger charge is 2.15. The lowest BCUT2D eigenvalue weighted by Crippen LogP contribution is -2.23. The monoisotopic (exact) mass is 275 g/mol. The first-order chi connectivity index (χ1) is 10.4. The van der Waals surface area contributed by atoms with E-state index >= 15 is 0 Å². The van der Waals surface area contributed by atoms with Crippen molar-refractivity contribution >= 4 is 0 Å². The minimum Gasteiger partial charge on any atom is -0.300 e. The summed E-state index contributed by atoms with van der Waals surface area (Å²) in [4.78, 5) is 8.79. The van der Waals surface area contributed by atoms with Gasteiger partial charge in [0.15, 0.2) is 0 Å². The maximum absolute atomic E-state index is 4.39. The van der Waals surface area contributed by atoms with E-state index in [1.54, 1.807) is 12.4 Å². The first-order valence-electron chi connectivity index (χ1n) is 7.02. The summed E-state index contributed by atoms with van der Waals surface area (Å²) < 4.78 is 0. The molecule has 1 atom stereocenters. The van der Waals surface area contributed by atoms with Gasteiger partial charge in [0.1, 0.15) is 5.82 Å². The molecule has 0 amide bonds. The Labute approximate surface area is 124 Å². The molecular formula is C18H17N3. The predicted molar refractivity (Wildman–Crippen MR) is 83.6 cm³/mol. The fraction of sp³-hybridized carbons (Fsp3) is 0.111. The summed E-state index contributed by atoms with van der Waals surface area (Å²) in [5.41, 5.74) is 2.41. The SMILES string of the molecule is c1ccc(CN[C@H](c2ccccc2)c2ncccn2)cc1. The minimum atomic E-state index is -0.00685. The van der Waals surface area contributed by atoms with Crippen LogP contribution in [0, 0.1) is 0 Å². The van der Waals surface area contributed by atoms with Crippen LogP contribution in [0.2, 0.25) is 0 Å². The number of hydrogen-bond acceptors (Lipinski definition) is 3. The summed E-state index contributed by atoms with van der Waals surface area (Å²) in [6.07, 6.45) is 3.56. The number of aromatic nitrogens is 2. The molecular weight excluding hydrogens is 258 g/mol. The van der Waals surface area contributed by atoms with Crippen LogP contribution in [0.4, 0.5) is 0 Å². The standard InChI is InChI=1S/C18H17N3/c1-3-8-15(9-4-1)14-21-17(16-10-5-2-6-11-16)18-19-12-7-13-20-18/h1-13,17,21H,14H2/t17-/m1/s1. The van der Waals surface area contributed by atoms with Crippen molar-refractivity contribution in [3.63, 3.8) is 0 Å². The lowest BCUT2D eigenvalue weighted by molar-refractivity contribution is 0.575. The smallest absolute Gasteiger partial charge is 0.149 e. The van der Waals surface area contributed by atoms with Crippen LogP contribution in [-0.2, 0) is 6.54 Å². The molecule has 0 unspecified atom stereocenters. The normalized spacial score (nSPS) is 12.0. The molecule has 21 heavy (non-hydrogen) atoms. The molecule has 3 aromatic rings. The lowest BCUT2D eigenvalue weighted by Gasteiger charge is -2.18. The van der Waals surface area contributed by atoms with Crippen LogP contribution in [0.25, 0.3) is 0 Å². The van der Waals surface area contributed by atoms with Crippen LogP contribution >= 0.6 is 0 Å². The second-order valence-corrected chi connectivity index (χ2v) is 4.82. The van der Waals surface area contributed by atoms with Crippen LogP contribution in [0.5, 0.6) is 0 Å². The Hall–Kier alpha value is -2.52. The fourth-order valence-corrected chi connectivity index (χ4v) is 2.28. The Morgan fingerprint density at radius 1 is 0.762 bits per heavy atom. The molecule has 0 saturated heterocycles. The van der Waals surface area contributed by atoms with Crippen molar-refractivity contribution in [3.05, 3.63) is 96.1 Å². The average molecular weight is 275 g/mol. The van der Waals surface area contributed by atoms with Gasteiger partial charge in [-0.1, -0.05) is 60.7 Å². The second kappa shape index (κ2) is 6.77. The van der Waals surface area contributed by atoms with E-state index in [2.05, 4.69) is 39.6 Å². The summed E-state index contributed by atoms with van der Waals surface area (Å²) in [6.45, 7) is 0.776. The highest BCUT2D eigenvalue weighted by Crippen LogP contribution is 2.18. The van der Waals surface area contributed by atoms with Crippen molar-refractivity contribution < 1.29 is 0 Å². The first-order valence-corrected chi connectivity index (χ1v) is 7.02. The summed E-state index contributed by atoms with van der Waals surface area (Å²) >= 11 is 0. The molecule has 1 heterocycles. The van der Waals surface area contributed by atoms with Gasteiger partial charge in [0.25, 0.3) is 0 Å². The van der Waals surface area contributed by atoms with Gasteiger partial charge in [-0.25, -0.2) is 9.97 Å². The van der Waals surface area contributed by atoms with Crippen molar-refractivity contribution in [2.45, 2.75) is 12.6 Å². The molecule has 0 radical (unpaired) electrons. The van der Waals surface area contributed by atoms with Gasteiger partial charge in [-0.15, -0.1) is 0 Å². The van der Waals surface area contributed by atoms with Crippen molar-refractivity contribution in [2.75, 3.05) is 0 Å². The average Bonchev–Trinajstić information content (AvgIpc) is 2.58. The quantitative estimate of drug-likeness (QED) is 0.776. The van der Waals surface area contributed by atoms with Gasteiger partial charge < -0.3 is 0 Å². The summed E-state index contributed by atoms with van der Waals surface area (Å²) in [5.74, 6) is 0.791. The van der Waals surface area contributed by atoms with E-state index in [1.807, 2.05) is 42.5 Å². The van der Waals surface area contributed by atoms with Crippen LogP contribution < -0.4 is 5.32 Å². The van der Waals surface area contributed by atoms with Gasteiger partial charge in [-0.2, -0.15) is 0 Å². The Balaban J connectivity index is 1.83. The Morgan fingerprint density at radius 2 is 1.38 bits per heavy atom. The lowest BCUT2D eigenvalue weighted by atomic mass is 10.1. The summed E-state index contributed by atoms with van der Waals surface area (Å²) in [7, 11) is 0. The number of nitrogens with zero attached hydrogens (tertiary/aromatic N) is 2. The second-order valence-electron chi connectivity index (χ2n) is 4.82. The van der Waals surface area contributed by atoms with Gasteiger partial charge in [0, 0.05) is 18.9 Å². The molecule has 0 saturated carbocycles. The van der Waals surface area contributed by atoms with E-state index in [-0.39, 0.29) is 6.04 Å². The molecule has 0 spiro atoms. The highest BCUT2D eigenvalue weighted by molar-refractivity contribution is 5.25. The molecule has 2 aromatic carbocycles. The third-order valence-corrected chi connectivity index (χ3v) is 3.33. The minimum absolute atomic E-state index is 0.00685. The molecule has 3 rings (SSSR count). The number of rotatable bonds is 5. The van der Waals surface area contributed by atoms with E-state index in [1.165, 1.54) is 11.1 Å². The van der Waals surface area contributed by atoms with E-state index in [9.17, 15) is 0 Å². The zero-order valence-electron chi connectivity index (χ0n) is 11.7. The molecule has 0 aliphatic heterocycles. The number of hydrogen-bond donors (Lipinski definition) is 1. The van der Waals surface area contributed by atoms with Crippen molar-refractivity contribution in [1.82, 2.24) is 15.3 Å². The molecule has 0 fully saturated rings. The summed E-state index contributed by atoms with van der Waals surface area (Å²) in [5, 5.41) is 3.54. The van der Waals surface area contributed by atoms with Gasteiger partial charge in [-0.05, 0) is 17.2 Å². The molecule has 0 aliphatic rings. The molecule has 3 nitrogen and oxygen atoms in total. The van der Waals surface area contributed by atoms with Crippen molar-refractivity contribution in [2.24, 2.45) is 0 Å². The molecule has 3 heteroatoms. The zero-order valence-corrected chi connectivity index (χ0v) is 11.7. The molecule has 104 valence electrons. The van der Waals surface area contributed by atoms with Crippen LogP contribution in [0.1, 0.15) is 23.0 Å². The maximum Gasteiger partial charge on any atom is 0.149 e. The fourth-order valence-electron chi connectivity index (χ4n) is 2.28. The van der Waals surface area contributed by atoms with Crippen LogP contribution in [0.15, 0.2) is 79.1 Å². The third kappa shape index (κ3) is 3.52. The van der Waals surface area contributed by atoms with Gasteiger partial charge in [0.05, 0.1) is 6.04 Å². The Morgan fingerprint density at radius 3 is 2.05 bits per heavy atom. The maximum atomic E-state index is 4.39. The summed E-state index contributed by atoms with van der Waals surface area (Å²) in [6, 6.07) is 22.5. The third-order valence-electron chi connectivity index (χ3n) is 3.33. The number of nitrogens with one attached hydrogen (secondary N) is 1. The molecule has 0 aliphatic carbocycles. The molecule has 0 bridgehead atoms. The number of benzene rings is 2. The highest BCUT2D eigenvalue weighted by atomic mass is 15.0. The topological polar surface area (TPSA) is 37.8 Å². The van der Waals surface area contributed by atoms with E-state index in [0.717, 1.165) is 12.4 Å². The molecule has 1 N–H and O–H groups in total. The van der Waals surface area contributed by atoms with E-state index in [4.69, 9.17) is 0 Å². The van der Waals surface area contributed by atoms with Gasteiger partial charge in [0.2, 0.25) is 0 Å². The van der Waals surface area contributed by atoms with Crippen LogP contribution in [0.3, 0.4) is 0 Å².